The molecule has 0 spiro atoms. The molecule has 15 heavy (non-hydrogen) atoms. The van der Waals surface area contributed by atoms with Crippen molar-refractivity contribution in [2.45, 2.75) is 19.3 Å². The van der Waals surface area contributed by atoms with E-state index in [-0.39, 0.29) is 0 Å². The highest BCUT2D eigenvalue weighted by Crippen LogP contribution is 2.37. The van der Waals surface area contributed by atoms with Gasteiger partial charge < -0.3 is 0 Å². The first-order valence-corrected chi connectivity index (χ1v) is 6.96. The van der Waals surface area contributed by atoms with E-state index in [1.165, 1.54) is 33.9 Å². The van der Waals surface area contributed by atoms with Crippen LogP contribution in [0.4, 0.5) is 0 Å². The summed E-state index contributed by atoms with van der Waals surface area (Å²) in [5.41, 5.74) is 1.56. The molecule has 3 rings (SSSR count). The number of hydrogen-bond donors (Lipinski definition) is 0. The van der Waals surface area contributed by atoms with Crippen molar-refractivity contribution >= 4 is 28.2 Å². The Morgan fingerprint density at radius 3 is 2.67 bits per heavy atom. The van der Waals surface area contributed by atoms with Gasteiger partial charge in [0.1, 0.15) is 0 Å². The van der Waals surface area contributed by atoms with Gasteiger partial charge in [-0.1, -0.05) is 12.1 Å². The lowest BCUT2D eigenvalue weighted by Gasteiger charge is -1.95. The summed E-state index contributed by atoms with van der Waals surface area (Å²) in [4.78, 5) is 4.27. The molecule has 0 saturated heterocycles. The predicted molar refractivity (Wildman–Crippen MR) is 69.5 cm³/mol. The Morgan fingerprint density at radius 2 is 1.93 bits per heavy atom. The van der Waals surface area contributed by atoms with Gasteiger partial charge in [-0.25, -0.2) is 0 Å². The first kappa shape index (κ1) is 9.37. The van der Waals surface area contributed by atoms with E-state index in [1.54, 1.807) is 5.57 Å². The first-order valence-electron chi connectivity index (χ1n) is 5.26. The Balaban J connectivity index is 1.94. The van der Waals surface area contributed by atoms with Crippen LogP contribution >= 0.6 is 22.7 Å². The minimum Gasteiger partial charge on any atom is -0.143 e. The van der Waals surface area contributed by atoms with Crippen LogP contribution in [0.15, 0.2) is 35.7 Å². The van der Waals surface area contributed by atoms with Crippen LogP contribution in [0.5, 0.6) is 0 Å². The number of hydrogen-bond acceptors (Lipinski definition) is 2. The molecule has 2 heterocycles. The Morgan fingerprint density at radius 1 is 1.00 bits per heavy atom. The van der Waals surface area contributed by atoms with Crippen LogP contribution in [-0.4, -0.2) is 0 Å². The molecule has 2 aromatic rings. The Hall–Kier alpha value is -0.860. The van der Waals surface area contributed by atoms with Gasteiger partial charge in [0.05, 0.1) is 0 Å². The van der Waals surface area contributed by atoms with E-state index < -0.39 is 0 Å². The molecule has 76 valence electrons. The average Bonchev–Trinajstić information content (AvgIpc) is 3.02. The van der Waals surface area contributed by atoms with E-state index in [0.717, 1.165) is 0 Å². The molecule has 0 N–H and O–H groups in total. The topological polar surface area (TPSA) is 0 Å². The van der Waals surface area contributed by atoms with Crippen LogP contribution in [0.3, 0.4) is 0 Å². The van der Waals surface area contributed by atoms with Crippen LogP contribution in [0, 0.1) is 0 Å². The summed E-state index contributed by atoms with van der Waals surface area (Å²) >= 11 is 3.75. The molecule has 1 aliphatic rings. The second kappa shape index (κ2) is 3.95. The van der Waals surface area contributed by atoms with E-state index in [4.69, 9.17) is 0 Å². The van der Waals surface area contributed by atoms with Gasteiger partial charge in [-0.05, 0) is 48.4 Å². The summed E-state index contributed by atoms with van der Waals surface area (Å²) in [5.74, 6) is 0. The molecule has 0 aromatic carbocycles. The monoisotopic (exact) mass is 232 g/mol. The number of thiophene rings is 2. The summed E-state index contributed by atoms with van der Waals surface area (Å²) in [6.45, 7) is 0. The summed E-state index contributed by atoms with van der Waals surface area (Å²) in [5, 5.41) is 2.14. The highest BCUT2D eigenvalue weighted by atomic mass is 32.1. The van der Waals surface area contributed by atoms with Crippen LogP contribution in [0.25, 0.3) is 15.3 Å². The van der Waals surface area contributed by atoms with Crippen molar-refractivity contribution in [3.8, 4) is 9.75 Å². The molecule has 0 atom stereocenters. The van der Waals surface area contributed by atoms with Crippen molar-refractivity contribution in [3.63, 3.8) is 0 Å². The van der Waals surface area contributed by atoms with Crippen molar-refractivity contribution in [3.05, 3.63) is 40.6 Å². The minimum absolute atomic E-state index is 1.27. The van der Waals surface area contributed by atoms with Crippen molar-refractivity contribution in [2.75, 3.05) is 0 Å². The lowest BCUT2D eigenvalue weighted by Crippen LogP contribution is -1.70. The maximum Gasteiger partial charge on any atom is 0.0449 e. The largest absolute Gasteiger partial charge is 0.143 e. The highest BCUT2D eigenvalue weighted by Gasteiger charge is 2.10. The van der Waals surface area contributed by atoms with Crippen LogP contribution in [0.2, 0.25) is 0 Å². The highest BCUT2D eigenvalue weighted by molar-refractivity contribution is 7.21. The van der Waals surface area contributed by atoms with Crippen molar-refractivity contribution in [1.29, 1.82) is 0 Å². The van der Waals surface area contributed by atoms with Gasteiger partial charge in [0.15, 0.2) is 0 Å². The normalized spacial score (nSPS) is 15.6. The fraction of sp³-hybridized carbons (Fsp3) is 0.231. The fourth-order valence-corrected chi connectivity index (χ4v) is 3.86. The molecule has 0 bridgehead atoms. The lowest BCUT2D eigenvalue weighted by molar-refractivity contribution is 0.936. The average molecular weight is 232 g/mol. The second-order valence-electron chi connectivity index (χ2n) is 3.76. The molecule has 0 unspecified atom stereocenters. The molecule has 0 amide bonds. The van der Waals surface area contributed by atoms with E-state index in [1.807, 2.05) is 22.7 Å². The zero-order valence-corrected chi connectivity index (χ0v) is 10.0. The quantitative estimate of drug-likeness (QED) is 0.680. The van der Waals surface area contributed by atoms with Gasteiger partial charge in [0.25, 0.3) is 0 Å². The van der Waals surface area contributed by atoms with Crippen LogP contribution in [0.1, 0.15) is 24.1 Å². The van der Waals surface area contributed by atoms with Gasteiger partial charge >= 0.3 is 0 Å². The molecule has 0 nitrogen and oxygen atoms in total. The summed E-state index contributed by atoms with van der Waals surface area (Å²) < 4.78 is 0. The van der Waals surface area contributed by atoms with E-state index in [9.17, 15) is 0 Å². The Labute approximate surface area is 97.9 Å². The first-order chi connectivity index (χ1) is 7.43. The third kappa shape index (κ3) is 1.80. The molecule has 2 aromatic heterocycles. The van der Waals surface area contributed by atoms with E-state index >= 15 is 0 Å². The van der Waals surface area contributed by atoms with Gasteiger partial charge in [0, 0.05) is 14.6 Å². The maximum atomic E-state index is 2.39. The SMILES string of the molecule is C1=C(c2ccc(-c3cccs3)s2)CCC1. The zero-order chi connectivity index (χ0) is 10.1. The second-order valence-corrected chi connectivity index (χ2v) is 5.79. The summed E-state index contributed by atoms with van der Waals surface area (Å²) in [6.07, 6.45) is 6.26. The lowest BCUT2D eigenvalue weighted by atomic mass is 10.2. The minimum atomic E-state index is 1.27. The molecule has 2 heteroatoms. The fourth-order valence-electron chi connectivity index (χ4n) is 1.96. The third-order valence-corrected chi connectivity index (χ3v) is 4.95. The molecule has 0 saturated carbocycles. The summed E-state index contributed by atoms with van der Waals surface area (Å²) in [6, 6.07) is 8.85. The van der Waals surface area contributed by atoms with Crippen LogP contribution in [-0.2, 0) is 0 Å². The van der Waals surface area contributed by atoms with Crippen molar-refractivity contribution in [2.24, 2.45) is 0 Å². The van der Waals surface area contributed by atoms with E-state index in [2.05, 4.69) is 35.7 Å². The van der Waals surface area contributed by atoms with Crippen LogP contribution < -0.4 is 0 Å². The Kier molecular flexibility index (Phi) is 2.47. The van der Waals surface area contributed by atoms with Crippen molar-refractivity contribution in [1.82, 2.24) is 0 Å². The smallest absolute Gasteiger partial charge is 0.0449 e. The summed E-state index contributed by atoms with van der Waals surface area (Å²) in [7, 11) is 0. The van der Waals surface area contributed by atoms with Gasteiger partial charge in [-0.15, -0.1) is 22.7 Å². The molecular formula is C13H12S2. The van der Waals surface area contributed by atoms with E-state index in [0.29, 0.717) is 0 Å². The predicted octanol–water partition coefficient (Wildman–Crippen LogP) is 5.04. The molecule has 0 fully saturated rings. The standard InChI is InChI=1S/C13H12S2/c1-2-5-10(4-1)11-7-8-13(15-11)12-6-3-9-14-12/h3-4,6-9H,1-2,5H2. The third-order valence-electron chi connectivity index (χ3n) is 2.73. The zero-order valence-electron chi connectivity index (χ0n) is 8.40. The van der Waals surface area contributed by atoms with Gasteiger partial charge in [-0.3, -0.25) is 0 Å². The molecule has 0 aliphatic heterocycles. The molecule has 1 aliphatic carbocycles. The maximum absolute atomic E-state index is 2.39. The number of allylic oxidation sites excluding steroid dienone is 2. The molecule has 0 radical (unpaired) electrons. The van der Waals surface area contributed by atoms with Gasteiger partial charge in [0.2, 0.25) is 0 Å². The van der Waals surface area contributed by atoms with Crippen molar-refractivity contribution < 1.29 is 0 Å². The number of rotatable bonds is 2. The molecular weight excluding hydrogens is 220 g/mol. The Bertz CT molecular complexity index is 474. The van der Waals surface area contributed by atoms with Gasteiger partial charge in [-0.2, -0.15) is 0 Å².